The SMILES string of the molecule is CCOC(=O)c1ccc(-c2nnc(-c3ccccc3[N+](=O)[O-])o2)cc1. The summed E-state index contributed by atoms with van der Waals surface area (Å²) in [5, 5.41) is 18.9. The summed E-state index contributed by atoms with van der Waals surface area (Å²) in [6, 6.07) is 12.6. The summed E-state index contributed by atoms with van der Waals surface area (Å²) >= 11 is 0. The predicted octanol–water partition coefficient (Wildman–Crippen LogP) is 3.49. The van der Waals surface area contributed by atoms with Crippen LogP contribution in [-0.4, -0.2) is 27.7 Å². The molecule has 0 amide bonds. The number of para-hydroxylation sites is 1. The standard InChI is InChI=1S/C17H13N3O5/c1-2-24-17(21)12-9-7-11(8-10-12)15-18-19-16(25-15)13-5-3-4-6-14(13)20(22)23/h3-10H,2H2,1H3. The number of hydrogen-bond acceptors (Lipinski definition) is 7. The van der Waals surface area contributed by atoms with Crippen molar-refractivity contribution < 1.29 is 18.9 Å². The smallest absolute Gasteiger partial charge is 0.338 e. The Morgan fingerprint density at radius 2 is 1.80 bits per heavy atom. The van der Waals surface area contributed by atoms with Gasteiger partial charge in [0.05, 0.1) is 17.1 Å². The van der Waals surface area contributed by atoms with Gasteiger partial charge >= 0.3 is 5.97 Å². The molecule has 0 fully saturated rings. The van der Waals surface area contributed by atoms with Crippen LogP contribution in [0.2, 0.25) is 0 Å². The lowest BCUT2D eigenvalue weighted by Crippen LogP contribution is -2.03. The van der Waals surface area contributed by atoms with Crippen LogP contribution in [0.25, 0.3) is 22.9 Å². The van der Waals surface area contributed by atoms with Crippen LogP contribution < -0.4 is 0 Å². The van der Waals surface area contributed by atoms with Crippen molar-refractivity contribution >= 4 is 11.7 Å². The minimum Gasteiger partial charge on any atom is -0.462 e. The molecule has 0 spiro atoms. The van der Waals surface area contributed by atoms with Gasteiger partial charge in [-0.1, -0.05) is 12.1 Å². The Labute approximate surface area is 142 Å². The van der Waals surface area contributed by atoms with Crippen LogP contribution >= 0.6 is 0 Å². The molecular formula is C17H13N3O5. The third kappa shape index (κ3) is 3.37. The number of nitro benzene ring substituents is 1. The first-order valence-electron chi connectivity index (χ1n) is 7.45. The summed E-state index contributed by atoms with van der Waals surface area (Å²) in [6.45, 7) is 2.03. The minimum absolute atomic E-state index is 0.0526. The van der Waals surface area contributed by atoms with Crippen LogP contribution in [0.1, 0.15) is 17.3 Å². The first-order chi connectivity index (χ1) is 12.1. The van der Waals surface area contributed by atoms with E-state index in [1.54, 1.807) is 49.4 Å². The molecule has 1 aromatic heterocycles. The van der Waals surface area contributed by atoms with E-state index >= 15 is 0 Å². The molecule has 2 aromatic carbocycles. The second kappa shape index (κ2) is 6.91. The molecule has 0 saturated carbocycles. The van der Waals surface area contributed by atoms with E-state index in [1.165, 1.54) is 6.07 Å². The van der Waals surface area contributed by atoms with Crippen LogP contribution in [0.4, 0.5) is 5.69 Å². The highest BCUT2D eigenvalue weighted by Gasteiger charge is 2.20. The highest BCUT2D eigenvalue weighted by atomic mass is 16.6. The normalized spacial score (nSPS) is 10.4. The Hall–Kier alpha value is -3.55. The van der Waals surface area contributed by atoms with E-state index in [1.807, 2.05) is 0 Å². The van der Waals surface area contributed by atoms with Crippen LogP contribution in [-0.2, 0) is 4.74 Å². The van der Waals surface area contributed by atoms with Crippen molar-refractivity contribution in [1.82, 2.24) is 10.2 Å². The summed E-state index contributed by atoms with van der Waals surface area (Å²) in [5.41, 5.74) is 1.12. The number of rotatable bonds is 5. The molecule has 0 atom stereocenters. The Morgan fingerprint density at radius 1 is 1.12 bits per heavy atom. The molecule has 126 valence electrons. The average Bonchev–Trinajstić information content (AvgIpc) is 3.12. The highest BCUT2D eigenvalue weighted by Crippen LogP contribution is 2.30. The van der Waals surface area contributed by atoms with Gasteiger partial charge in [0, 0.05) is 11.6 Å². The van der Waals surface area contributed by atoms with Crippen LogP contribution in [0, 0.1) is 10.1 Å². The van der Waals surface area contributed by atoms with Crippen molar-refractivity contribution in [3.63, 3.8) is 0 Å². The minimum atomic E-state index is -0.507. The molecule has 0 unspecified atom stereocenters. The fourth-order valence-corrected chi connectivity index (χ4v) is 2.23. The maximum atomic E-state index is 11.6. The Balaban J connectivity index is 1.90. The van der Waals surface area contributed by atoms with Gasteiger partial charge in [-0.2, -0.15) is 0 Å². The van der Waals surface area contributed by atoms with Crippen molar-refractivity contribution in [2.75, 3.05) is 6.61 Å². The zero-order valence-corrected chi connectivity index (χ0v) is 13.2. The number of nitro groups is 1. The van der Waals surface area contributed by atoms with Crippen LogP contribution in [0.3, 0.4) is 0 Å². The molecule has 0 radical (unpaired) electrons. The number of carbonyl (C=O) groups excluding carboxylic acids is 1. The molecule has 0 aliphatic rings. The Kier molecular flexibility index (Phi) is 4.51. The summed E-state index contributed by atoms with van der Waals surface area (Å²) in [6.07, 6.45) is 0. The van der Waals surface area contributed by atoms with E-state index in [0.29, 0.717) is 17.7 Å². The monoisotopic (exact) mass is 339 g/mol. The molecule has 1 heterocycles. The second-order valence-electron chi connectivity index (χ2n) is 4.98. The van der Waals surface area contributed by atoms with Gasteiger partial charge < -0.3 is 9.15 Å². The lowest BCUT2D eigenvalue weighted by molar-refractivity contribution is -0.384. The predicted molar refractivity (Wildman–Crippen MR) is 87.8 cm³/mol. The van der Waals surface area contributed by atoms with Gasteiger partial charge in [-0.25, -0.2) is 4.79 Å². The van der Waals surface area contributed by atoms with Gasteiger partial charge in [0.25, 0.3) is 11.6 Å². The number of esters is 1. The van der Waals surface area contributed by atoms with Crippen molar-refractivity contribution in [1.29, 1.82) is 0 Å². The first-order valence-corrected chi connectivity index (χ1v) is 7.45. The van der Waals surface area contributed by atoms with E-state index in [0.717, 1.165) is 0 Å². The third-order valence-electron chi connectivity index (χ3n) is 3.40. The maximum Gasteiger partial charge on any atom is 0.338 e. The molecular weight excluding hydrogens is 326 g/mol. The highest BCUT2D eigenvalue weighted by molar-refractivity contribution is 5.89. The van der Waals surface area contributed by atoms with Gasteiger partial charge in [-0.3, -0.25) is 10.1 Å². The van der Waals surface area contributed by atoms with Crippen LogP contribution in [0.15, 0.2) is 52.9 Å². The maximum absolute atomic E-state index is 11.6. The van der Waals surface area contributed by atoms with E-state index < -0.39 is 10.9 Å². The fourth-order valence-electron chi connectivity index (χ4n) is 2.23. The number of nitrogens with zero attached hydrogens (tertiary/aromatic N) is 3. The molecule has 3 rings (SSSR count). The number of ether oxygens (including phenoxy) is 1. The van der Waals surface area contributed by atoms with E-state index in [4.69, 9.17) is 9.15 Å². The van der Waals surface area contributed by atoms with E-state index in [2.05, 4.69) is 10.2 Å². The Morgan fingerprint density at radius 3 is 2.48 bits per heavy atom. The van der Waals surface area contributed by atoms with Gasteiger partial charge in [0.15, 0.2) is 0 Å². The molecule has 25 heavy (non-hydrogen) atoms. The summed E-state index contributed by atoms with van der Waals surface area (Å²) in [5.74, 6) is -0.166. The number of benzene rings is 2. The summed E-state index contributed by atoms with van der Waals surface area (Å²) in [7, 11) is 0. The lowest BCUT2D eigenvalue weighted by atomic mass is 10.1. The van der Waals surface area contributed by atoms with Crippen molar-refractivity contribution in [2.45, 2.75) is 6.92 Å². The zero-order valence-electron chi connectivity index (χ0n) is 13.2. The van der Waals surface area contributed by atoms with Gasteiger partial charge in [-0.15, -0.1) is 10.2 Å². The molecule has 0 N–H and O–H groups in total. The van der Waals surface area contributed by atoms with Gasteiger partial charge in [0.1, 0.15) is 5.56 Å². The summed E-state index contributed by atoms with van der Waals surface area (Å²) < 4.78 is 10.5. The van der Waals surface area contributed by atoms with Crippen LogP contribution in [0.5, 0.6) is 0 Å². The lowest BCUT2D eigenvalue weighted by Gasteiger charge is -2.01. The Bertz CT molecular complexity index is 918. The molecule has 3 aromatic rings. The largest absolute Gasteiger partial charge is 0.462 e. The number of hydrogen-bond donors (Lipinski definition) is 0. The average molecular weight is 339 g/mol. The summed E-state index contributed by atoms with van der Waals surface area (Å²) in [4.78, 5) is 22.2. The molecule has 0 saturated heterocycles. The quantitative estimate of drug-likeness (QED) is 0.397. The molecule has 8 heteroatoms. The topological polar surface area (TPSA) is 108 Å². The van der Waals surface area contributed by atoms with E-state index in [-0.39, 0.29) is 23.0 Å². The molecule has 8 nitrogen and oxygen atoms in total. The molecule has 0 aliphatic heterocycles. The van der Waals surface area contributed by atoms with Crippen molar-refractivity contribution in [2.24, 2.45) is 0 Å². The second-order valence-corrected chi connectivity index (χ2v) is 4.98. The third-order valence-corrected chi connectivity index (χ3v) is 3.40. The van der Waals surface area contributed by atoms with Gasteiger partial charge in [-0.05, 0) is 37.3 Å². The van der Waals surface area contributed by atoms with Gasteiger partial charge in [0.2, 0.25) is 5.89 Å². The molecule has 0 bridgehead atoms. The zero-order chi connectivity index (χ0) is 17.8. The van der Waals surface area contributed by atoms with Crippen molar-refractivity contribution in [3.8, 4) is 22.9 Å². The first kappa shape index (κ1) is 16.3. The van der Waals surface area contributed by atoms with Crippen molar-refractivity contribution in [3.05, 3.63) is 64.2 Å². The molecule has 0 aliphatic carbocycles. The number of aromatic nitrogens is 2. The van der Waals surface area contributed by atoms with E-state index in [9.17, 15) is 14.9 Å². The fraction of sp³-hybridized carbons (Fsp3) is 0.118. The number of carbonyl (C=O) groups is 1.